The maximum atomic E-state index is 11.2. The van der Waals surface area contributed by atoms with Crippen molar-refractivity contribution in [2.24, 2.45) is 0 Å². The lowest BCUT2D eigenvalue weighted by Gasteiger charge is -2.34. The molecule has 0 aromatic heterocycles. The molecule has 0 spiro atoms. The Balaban J connectivity index is 2.20. The number of benzene rings is 2. The van der Waals surface area contributed by atoms with Crippen LogP contribution in [0.5, 0.6) is 0 Å². The van der Waals surface area contributed by atoms with E-state index in [1.165, 1.54) is 5.56 Å². The molecule has 0 heterocycles. The van der Waals surface area contributed by atoms with Crippen molar-refractivity contribution in [3.63, 3.8) is 0 Å². The lowest BCUT2D eigenvalue weighted by Crippen LogP contribution is -2.51. The lowest BCUT2D eigenvalue weighted by molar-refractivity contribution is 0.166. The van der Waals surface area contributed by atoms with E-state index in [0.717, 1.165) is 12.0 Å². The normalized spacial score (nSPS) is 13.8. The SMILES string of the molecule is C[Si](C)(C)C(O)(C#Cc1ccccc1)CCc1ccccc1. The van der Waals surface area contributed by atoms with Crippen molar-refractivity contribution < 1.29 is 5.11 Å². The van der Waals surface area contributed by atoms with Crippen molar-refractivity contribution in [3.8, 4) is 11.8 Å². The summed E-state index contributed by atoms with van der Waals surface area (Å²) in [5.74, 6) is 6.35. The molecule has 0 fully saturated rings. The van der Waals surface area contributed by atoms with Crippen LogP contribution in [0.2, 0.25) is 19.6 Å². The fourth-order valence-corrected chi connectivity index (χ4v) is 3.60. The largest absolute Gasteiger partial charge is 0.381 e. The monoisotopic (exact) mass is 308 g/mol. The highest BCUT2D eigenvalue weighted by atomic mass is 28.3. The lowest BCUT2D eigenvalue weighted by atomic mass is 10.1. The topological polar surface area (TPSA) is 20.2 Å². The highest BCUT2D eigenvalue weighted by Crippen LogP contribution is 2.26. The number of hydrogen-bond donors (Lipinski definition) is 1. The first-order chi connectivity index (χ1) is 10.4. The Morgan fingerprint density at radius 1 is 0.909 bits per heavy atom. The summed E-state index contributed by atoms with van der Waals surface area (Å²) in [6.45, 7) is 6.53. The van der Waals surface area contributed by atoms with Crippen molar-refractivity contribution >= 4 is 8.07 Å². The molecule has 0 saturated heterocycles. The van der Waals surface area contributed by atoms with E-state index in [1.54, 1.807) is 0 Å². The fraction of sp³-hybridized carbons (Fsp3) is 0.300. The molecule has 1 atom stereocenters. The van der Waals surface area contributed by atoms with Gasteiger partial charge >= 0.3 is 0 Å². The average molecular weight is 308 g/mol. The predicted molar refractivity (Wildman–Crippen MR) is 96.4 cm³/mol. The second kappa shape index (κ2) is 6.96. The van der Waals surface area contributed by atoms with Crippen LogP contribution in [0.15, 0.2) is 60.7 Å². The van der Waals surface area contributed by atoms with Gasteiger partial charge < -0.3 is 5.11 Å². The van der Waals surface area contributed by atoms with E-state index in [0.29, 0.717) is 6.42 Å². The number of rotatable bonds is 4. The highest BCUT2D eigenvalue weighted by Gasteiger charge is 2.39. The van der Waals surface area contributed by atoms with Crippen LogP contribution in [0.1, 0.15) is 17.5 Å². The Hall–Kier alpha value is -1.82. The quantitative estimate of drug-likeness (QED) is 0.660. The van der Waals surface area contributed by atoms with Gasteiger partial charge in [-0.15, -0.1) is 0 Å². The fourth-order valence-electron chi connectivity index (χ4n) is 2.29. The summed E-state index contributed by atoms with van der Waals surface area (Å²) in [5, 5.41) is 10.3. The van der Waals surface area contributed by atoms with E-state index >= 15 is 0 Å². The van der Waals surface area contributed by atoms with Crippen LogP contribution in [0.3, 0.4) is 0 Å². The van der Waals surface area contributed by atoms with Crippen molar-refractivity contribution in [1.29, 1.82) is 0 Å². The zero-order valence-corrected chi connectivity index (χ0v) is 14.6. The summed E-state index contributed by atoms with van der Waals surface area (Å²) in [4.78, 5) is 0. The molecule has 2 heteroatoms. The highest BCUT2D eigenvalue weighted by molar-refractivity contribution is 6.79. The summed E-state index contributed by atoms with van der Waals surface area (Å²) in [5.41, 5.74) is 2.21. The molecular weight excluding hydrogens is 284 g/mol. The molecule has 114 valence electrons. The first kappa shape index (κ1) is 16.5. The molecule has 2 rings (SSSR count). The van der Waals surface area contributed by atoms with Crippen LogP contribution in [0.4, 0.5) is 0 Å². The molecular formula is C20H24OSi. The third-order valence-electron chi connectivity index (χ3n) is 4.05. The standard InChI is InChI=1S/C20H24OSi/c1-22(2,3)20(21,16-14-18-10-6-4-7-11-18)17-15-19-12-8-5-9-13-19/h4-13,21H,14,16H2,1-3H3. The molecule has 2 aromatic rings. The summed E-state index contributed by atoms with van der Waals surface area (Å²) >= 11 is 0. The Bertz CT molecular complexity index is 647. The minimum atomic E-state index is -1.84. The third-order valence-corrected chi connectivity index (χ3v) is 6.90. The third kappa shape index (κ3) is 4.33. The zero-order chi connectivity index (χ0) is 16.1. The molecule has 2 aromatic carbocycles. The van der Waals surface area contributed by atoms with Gasteiger partial charge in [-0.05, 0) is 30.5 Å². The van der Waals surface area contributed by atoms with Crippen LogP contribution in [-0.2, 0) is 6.42 Å². The van der Waals surface area contributed by atoms with E-state index in [9.17, 15) is 5.11 Å². The van der Waals surface area contributed by atoms with Gasteiger partial charge in [0.2, 0.25) is 0 Å². The molecule has 0 amide bonds. The molecule has 0 saturated carbocycles. The average Bonchev–Trinajstić information content (AvgIpc) is 2.52. The maximum absolute atomic E-state index is 11.2. The van der Waals surface area contributed by atoms with Crippen molar-refractivity contribution in [2.75, 3.05) is 0 Å². The molecule has 0 aliphatic heterocycles. The first-order valence-electron chi connectivity index (χ1n) is 7.75. The minimum Gasteiger partial charge on any atom is -0.381 e. The van der Waals surface area contributed by atoms with Gasteiger partial charge in [-0.3, -0.25) is 0 Å². The predicted octanol–water partition coefficient (Wildman–Crippen LogP) is 4.28. The van der Waals surface area contributed by atoms with Gasteiger partial charge in [0.25, 0.3) is 0 Å². The van der Waals surface area contributed by atoms with E-state index in [4.69, 9.17) is 0 Å². The van der Waals surface area contributed by atoms with Crippen molar-refractivity contribution in [1.82, 2.24) is 0 Å². The van der Waals surface area contributed by atoms with Gasteiger partial charge in [-0.25, -0.2) is 0 Å². The smallest absolute Gasteiger partial charge is 0.112 e. The minimum absolute atomic E-state index is 0.687. The maximum Gasteiger partial charge on any atom is 0.112 e. The van der Waals surface area contributed by atoms with Gasteiger partial charge in [0.1, 0.15) is 5.22 Å². The Morgan fingerprint density at radius 3 is 2.00 bits per heavy atom. The summed E-state index contributed by atoms with van der Waals surface area (Å²) < 4.78 is 0. The number of aliphatic hydroxyl groups is 1. The molecule has 22 heavy (non-hydrogen) atoms. The zero-order valence-electron chi connectivity index (χ0n) is 13.6. The van der Waals surface area contributed by atoms with Crippen LogP contribution >= 0.6 is 0 Å². The summed E-state index contributed by atoms with van der Waals surface area (Å²) in [6.07, 6.45) is 1.54. The van der Waals surface area contributed by atoms with Crippen LogP contribution in [0, 0.1) is 11.8 Å². The molecule has 0 aliphatic rings. The van der Waals surface area contributed by atoms with E-state index in [-0.39, 0.29) is 0 Å². The van der Waals surface area contributed by atoms with E-state index in [2.05, 4.69) is 43.6 Å². The Labute approximate surface area is 135 Å². The molecule has 1 unspecified atom stereocenters. The van der Waals surface area contributed by atoms with Crippen LogP contribution in [0.25, 0.3) is 0 Å². The van der Waals surface area contributed by atoms with Crippen molar-refractivity contribution in [2.45, 2.75) is 37.7 Å². The number of hydrogen-bond acceptors (Lipinski definition) is 1. The number of aryl methyl sites for hydroxylation is 1. The molecule has 1 N–H and O–H groups in total. The van der Waals surface area contributed by atoms with Gasteiger partial charge in [0, 0.05) is 5.56 Å². The van der Waals surface area contributed by atoms with Crippen LogP contribution in [-0.4, -0.2) is 18.4 Å². The molecule has 1 nitrogen and oxygen atoms in total. The molecule has 0 bridgehead atoms. The van der Waals surface area contributed by atoms with Gasteiger partial charge in [0.15, 0.2) is 0 Å². The van der Waals surface area contributed by atoms with E-state index < -0.39 is 13.3 Å². The van der Waals surface area contributed by atoms with Gasteiger partial charge in [-0.1, -0.05) is 80.0 Å². The molecule has 0 radical (unpaired) electrons. The summed E-state index contributed by atoms with van der Waals surface area (Å²) in [7, 11) is -1.84. The van der Waals surface area contributed by atoms with Gasteiger partial charge in [0.05, 0.1) is 8.07 Å². The Morgan fingerprint density at radius 2 is 1.45 bits per heavy atom. The van der Waals surface area contributed by atoms with Crippen molar-refractivity contribution in [3.05, 3.63) is 71.8 Å². The molecule has 0 aliphatic carbocycles. The second-order valence-corrected chi connectivity index (χ2v) is 12.0. The second-order valence-electron chi connectivity index (χ2n) is 6.71. The Kier molecular flexibility index (Phi) is 5.23. The first-order valence-corrected chi connectivity index (χ1v) is 11.3. The summed E-state index contributed by atoms with van der Waals surface area (Å²) in [6, 6.07) is 20.2. The van der Waals surface area contributed by atoms with Gasteiger partial charge in [-0.2, -0.15) is 0 Å². The van der Waals surface area contributed by atoms with E-state index in [1.807, 2.05) is 48.5 Å². The van der Waals surface area contributed by atoms with Crippen LogP contribution < -0.4 is 0 Å².